The molecule has 0 bridgehead atoms. The van der Waals surface area contributed by atoms with Crippen LogP contribution in [-0.4, -0.2) is 52.4 Å². The van der Waals surface area contributed by atoms with Crippen molar-refractivity contribution in [3.05, 3.63) is 207 Å². The average molecular weight is 1040 g/mol. The van der Waals surface area contributed by atoms with E-state index in [9.17, 15) is 0 Å². The predicted molar refractivity (Wildman–Crippen MR) is 351 cm³/mol. The van der Waals surface area contributed by atoms with Gasteiger partial charge in [-0.2, -0.15) is 0 Å². The second-order valence-electron chi connectivity index (χ2n) is 19.8. The highest BCUT2D eigenvalue weighted by Crippen LogP contribution is 2.31. The lowest BCUT2D eigenvalue weighted by Gasteiger charge is -2.10. The lowest BCUT2D eigenvalue weighted by atomic mass is 10.0. The minimum absolute atomic E-state index is 0. The predicted octanol–water partition coefficient (Wildman–Crippen LogP) is 18.2. The van der Waals surface area contributed by atoms with Gasteiger partial charge in [0.1, 0.15) is 0 Å². The average Bonchev–Trinajstić information content (AvgIpc) is 4.25. The van der Waals surface area contributed by atoms with Gasteiger partial charge < -0.3 is 36.8 Å². The van der Waals surface area contributed by atoms with Crippen molar-refractivity contribution in [2.45, 2.75) is 144 Å². The molecule has 6 N–H and O–H groups in total. The van der Waals surface area contributed by atoms with Gasteiger partial charge in [0.25, 0.3) is 0 Å². The topological polar surface area (TPSA) is 75.4 Å². The Balaban J connectivity index is 0.000000442. The van der Waals surface area contributed by atoms with Crippen molar-refractivity contribution < 1.29 is 0 Å². The molecule has 2 unspecified atom stereocenters. The number of fused-ring (bicyclic) bond motifs is 7. The molecule has 420 valence electrons. The van der Waals surface area contributed by atoms with E-state index in [-0.39, 0.29) is 52.0 Å². The van der Waals surface area contributed by atoms with Gasteiger partial charge >= 0.3 is 0 Å². The molecule has 0 spiro atoms. The number of hydrogen-bond donors (Lipinski definition) is 6. The van der Waals surface area contributed by atoms with Gasteiger partial charge in [-0.15, -0.1) is 0 Å². The maximum absolute atomic E-state index is 3.40. The Labute approximate surface area is 471 Å². The van der Waals surface area contributed by atoms with Crippen molar-refractivity contribution in [3.8, 4) is 0 Å². The molecular weight excluding hydrogens is 939 g/mol. The monoisotopic (exact) mass is 1040 g/mol. The third-order valence-corrected chi connectivity index (χ3v) is 14.3. The van der Waals surface area contributed by atoms with Gasteiger partial charge in [-0.05, 0) is 165 Å². The highest BCUT2D eigenvalue weighted by Gasteiger charge is 2.17. The quantitative estimate of drug-likeness (QED) is 0.0904. The fourth-order valence-corrected chi connectivity index (χ4v) is 10.3. The summed E-state index contributed by atoms with van der Waals surface area (Å²) in [7, 11) is 2.14. The van der Waals surface area contributed by atoms with Crippen molar-refractivity contribution in [2.24, 2.45) is 0 Å². The highest BCUT2D eigenvalue weighted by atomic mass is 15.1. The molecule has 0 aromatic heterocycles. The van der Waals surface area contributed by atoms with Crippen LogP contribution in [0.2, 0.25) is 0 Å². The molecule has 0 saturated carbocycles. The van der Waals surface area contributed by atoms with Crippen LogP contribution in [0.15, 0.2) is 146 Å². The van der Waals surface area contributed by atoms with Crippen LogP contribution in [0.4, 0.5) is 39.8 Å². The van der Waals surface area contributed by atoms with E-state index in [2.05, 4.69) is 231 Å². The summed E-state index contributed by atoms with van der Waals surface area (Å²) in [6.45, 7) is 19.8. The van der Waals surface area contributed by atoms with Gasteiger partial charge in [-0.1, -0.05) is 174 Å². The second kappa shape index (κ2) is 33.3. The Morgan fingerprint density at radius 3 is 1.69 bits per heavy atom. The summed E-state index contributed by atoms with van der Waals surface area (Å²) in [5.41, 5.74) is 25.2. The number of rotatable bonds is 0. The van der Waals surface area contributed by atoms with Crippen molar-refractivity contribution >= 4 is 39.8 Å². The van der Waals surface area contributed by atoms with Crippen molar-refractivity contribution in [1.82, 2.24) is 0 Å². The van der Waals surface area contributed by atoms with E-state index in [1.54, 1.807) is 0 Å². The molecule has 7 aliphatic rings. The van der Waals surface area contributed by atoms with Crippen LogP contribution in [0, 0.1) is 27.7 Å². The van der Waals surface area contributed by atoms with E-state index >= 15 is 0 Å². The van der Waals surface area contributed by atoms with Crippen LogP contribution >= 0.6 is 0 Å². The van der Waals surface area contributed by atoms with Crippen LogP contribution in [0.5, 0.6) is 0 Å². The van der Waals surface area contributed by atoms with Crippen LogP contribution in [-0.2, 0) is 38.5 Å². The third kappa shape index (κ3) is 18.4. The minimum Gasteiger partial charge on any atom is -0.384 e. The van der Waals surface area contributed by atoms with E-state index in [0.29, 0.717) is 12.0 Å². The van der Waals surface area contributed by atoms with Gasteiger partial charge in [-0.3, -0.25) is 0 Å². The Bertz CT molecular complexity index is 2620. The molecule has 0 aliphatic carbocycles. The first kappa shape index (κ1) is 68.2. The molecule has 2 atom stereocenters. The molecule has 0 saturated heterocycles. The number of para-hydroxylation sites is 4. The molecule has 7 heterocycles. The summed E-state index contributed by atoms with van der Waals surface area (Å²) in [5, 5.41) is 20.1. The smallest absolute Gasteiger partial charge is 0.0403 e. The number of hydrogen-bond acceptors (Lipinski definition) is 7. The van der Waals surface area contributed by atoms with Gasteiger partial charge in [0.05, 0.1) is 0 Å². The maximum Gasteiger partial charge on any atom is 0.0403 e. The number of benzene rings is 7. The zero-order valence-electron chi connectivity index (χ0n) is 42.9. The fraction of sp³-hybridized carbons (Fsp3) is 0.400. The zero-order chi connectivity index (χ0) is 48.8. The molecule has 7 aliphatic heterocycles. The summed E-state index contributed by atoms with van der Waals surface area (Å²) in [5.74, 6) is 0.691. The van der Waals surface area contributed by atoms with Crippen molar-refractivity contribution in [2.75, 3.05) is 83.1 Å². The van der Waals surface area contributed by atoms with Gasteiger partial charge in [0.15, 0.2) is 0 Å². The van der Waals surface area contributed by atoms with E-state index in [0.717, 1.165) is 32.7 Å². The lowest BCUT2D eigenvalue weighted by Crippen LogP contribution is -2.12. The van der Waals surface area contributed by atoms with Crippen molar-refractivity contribution in [1.29, 1.82) is 0 Å². The molecule has 7 aromatic carbocycles. The first-order valence-corrected chi connectivity index (χ1v) is 25.9. The Hall–Kier alpha value is -6.86. The molecule has 7 heteroatoms. The molecule has 7 aromatic rings. The molecule has 7 nitrogen and oxygen atoms in total. The van der Waals surface area contributed by atoms with Crippen LogP contribution in [0.1, 0.15) is 133 Å². The molecule has 0 amide bonds. The van der Waals surface area contributed by atoms with E-state index in [4.69, 9.17) is 0 Å². The van der Waals surface area contributed by atoms with E-state index in [1.807, 2.05) is 0 Å². The summed E-state index contributed by atoms with van der Waals surface area (Å²) in [4.78, 5) is 2.30. The summed E-state index contributed by atoms with van der Waals surface area (Å²) in [6, 6.07) is 52.3. The molecule has 77 heavy (non-hydrogen) atoms. The van der Waals surface area contributed by atoms with E-state index < -0.39 is 0 Å². The number of anilines is 7. The normalized spacial score (nSPS) is 15.2. The maximum atomic E-state index is 3.40. The number of nitrogens with one attached hydrogen (secondary N) is 6. The Morgan fingerprint density at radius 1 is 0.416 bits per heavy atom. The Kier molecular flexibility index (Phi) is 29.5. The first-order chi connectivity index (χ1) is 34.1. The molecule has 14 rings (SSSR count). The third-order valence-electron chi connectivity index (χ3n) is 14.3. The largest absolute Gasteiger partial charge is 0.384 e. The summed E-state index contributed by atoms with van der Waals surface area (Å²) in [6.07, 6.45) is 7.16. The number of aryl methyl sites for hydroxylation is 4. The van der Waals surface area contributed by atoms with Gasteiger partial charge in [0, 0.05) is 98.1 Å². The zero-order valence-corrected chi connectivity index (χ0v) is 42.9. The van der Waals surface area contributed by atoms with Gasteiger partial charge in [-0.25, -0.2) is 0 Å². The van der Waals surface area contributed by atoms with Crippen LogP contribution < -0.4 is 36.8 Å². The van der Waals surface area contributed by atoms with Crippen LogP contribution in [0.25, 0.3) is 0 Å². The van der Waals surface area contributed by atoms with Crippen LogP contribution in [0.3, 0.4) is 0 Å². The number of nitrogens with zero attached hydrogens (tertiary/aromatic N) is 1. The molecule has 0 radical (unpaired) electrons. The van der Waals surface area contributed by atoms with Gasteiger partial charge in [0.2, 0.25) is 0 Å². The summed E-state index contributed by atoms with van der Waals surface area (Å²) < 4.78 is 0. The SMILES string of the molecule is C.C.C.C.C.C.C.CC1CNc2ccccc21.CC1Cc2ccccc2N1.CN1CCc2ccccc21.Cc1ccc2c(c1)CCN2.Cc1ccc2c(c1)NCC2.Cc1cccc2c1CCN2.Cc1cccc2c1NCC2. The number of likely N-dealkylation sites (N-methyl/N-ethyl adjacent to an activating group) is 1. The standard InChI is InChI=1S/7C9H11N.7CH4/c1-7-2-3-9-8(6-7)4-5-10-9;1-7-2-3-8-4-5-10-9(8)6-7;1-7-3-2-4-9-8(7)5-6-10-9;1-7-3-2-4-8-5-6-10-9(7)8;1-10-7-6-8-4-2-3-5-9(8)10;1-7-6-10-9-5-3-2-4-8(7)9;1-7-6-8-4-2-3-5-9(8)10-7;;;;;;;/h2*2-3,6,10H,4-5H2,1H3;2*2-4,10H,5-6H2,1H3;2-5H,6-7H2,1H3;2*2-5,7,10H,6H2,1H3;7*1H4. The Morgan fingerprint density at radius 2 is 0.974 bits per heavy atom. The van der Waals surface area contributed by atoms with Crippen molar-refractivity contribution in [3.63, 3.8) is 0 Å². The fourth-order valence-electron chi connectivity index (χ4n) is 10.3. The summed E-state index contributed by atoms with van der Waals surface area (Å²) >= 11 is 0. The lowest BCUT2D eigenvalue weighted by molar-refractivity contribution is 0.839. The first-order valence-electron chi connectivity index (χ1n) is 25.9. The minimum atomic E-state index is 0. The van der Waals surface area contributed by atoms with E-state index in [1.165, 1.54) is 146 Å². The second-order valence-corrected chi connectivity index (χ2v) is 19.8. The highest BCUT2D eigenvalue weighted by molar-refractivity contribution is 5.62. The molecular formula is C70H105N7. The molecule has 0 fully saturated rings.